The molecular formula is C12H8BrN3O. The molecule has 0 atom stereocenters. The first kappa shape index (κ1) is 10.3. The minimum atomic E-state index is 0.495. The van der Waals surface area contributed by atoms with E-state index >= 15 is 0 Å². The summed E-state index contributed by atoms with van der Waals surface area (Å²) in [5.74, 6) is 0.541. The molecular weight excluding hydrogens is 282 g/mol. The summed E-state index contributed by atoms with van der Waals surface area (Å²) in [6.07, 6.45) is 1.55. The minimum absolute atomic E-state index is 0.495. The van der Waals surface area contributed by atoms with Gasteiger partial charge in [0.1, 0.15) is 5.52 Å². The Kier molecular flexibility index (Phi) is 2.33. The van der Waals surface area contributed by atoms with Crippen molar-refractivity contribution >= 4 is 32.8 Å². The van der Waals surface area contributed by atoms with Crippen LogP contribution in [0.2, 0.25) is 0 Å². The highest BCUT2D eigenvalue weighted by molar-refractivity contribution is 9.10. The van der Waals surface area contributed by atoms with Crippen molar-refractivity contribution in [3.8, 4) is 11.5 Å². The fourth-order valence-electron chi connectivity index (χ4n) is 1.58. The number of nitrogens with zero attached hydrogens (tertiary/aromatic N) is 2. The number of nitrogen functional groups attached to an aromatic ring is 1. The van der Waals surface area contributed by atoms with Crippen molar-refractivity contribution in [1.29, 1.82) is 0 Å². The van der Waals surface area contributed by atoms with Crippen LogP contribution in [0.25, 0.3) is 22.7 Å². The van der Waals surface area contributed by atoms with E-state index in [9.17, 15) is 0 Å². The molecule has 17 heavy (non-hydrogen) atoms. The second kappa shape index (κ2) is 3.85. The van der Waals surface area contributed by atoms with E-state index in [2.05, 4.69) is 25.9 Å². The number of aromatic nitrogens is 2. The SMILES string of the molecule is Nc1cnc2oc(-c3cccc(Br)c3)nc2c1. The molecule has 2 N–H and O–H groups in total. The van der Waals surface area contributed by atoms with E-state index in [4.69, 9.17) is 10.2 Å². The third kappa shape index (κ3) is 1.89. The number of hydrogen-bond donors (Lipinski definition) is 1. The first-order chi connectivity index (χ1) is 8.22. The Balaban J connectivity index is 2.18. The van der Waals surface area contributed by atoms with Crippen LogP contribution >= 0.6 is 15.9 Å². The molecule has 0 unspecified atom stereocenters. The zero-order valence-electron chi connectivity index (χ0n) is 8.72. The average Bonchev–Trinajstić information content (AvgIpc) is 2.72. The Morgan fingerprint density at radius 2 is 2.12 bits per heavy atom. The number of rotatable bonds is 1. The number of pyridine rings is 1. The summed E-state index contributed by atoms with van der Waals surface area (Å²) < 4.78 is 6.54. The zero-order valence-corrected chi connectivity index (χ0v) is 10.3. The lowest BCUT2D eigenvalue weighted by Crippen LogP contribution is -1.85. The van der Waals surface area contributed by atoms with Gasteiger partial charge in [0, 0.05) is 10.0 Å². The molecule has 2 heterocycles. The Morgan fingerprint density at radius 1 is 1.24 bits per heavy atom. The van der Waals surface area contributed by atoms with Crippen LogP contribution in [0.3, 0.4) is 0 Å². The van der Waals surface area contributed by atoms with Crippen LogP contribution in [-0.2, 0) is 0 Å². The average molecular weight is 290 g/mol. The van der Waals surface area contributed by atoms with Gasteiger partial charge in [-0.3, -0.25) is 0 Å². The molecule has 0 amide bonds. The van der Waals surface area contributed by atoms with Crippen molar-refractivity contribution in [2.75, 3.05) is 5.73 Å². The Bertz CT molecular complexity index is 693. The van der Waals surface area contributed by atoms with Gasteiger partial charge in [-0.25, -0.2) is 9.97 Å². The second-order valence-corrected chi connectivity index (χ2v) is 4.54. The molecule has 84 valence electrons. The van der Waals surface area contributed by atoms with Crippen molar-refractivity contribution in [1.82, 2.24) is 9.97 Å². The maximum Gasteiger partial charge on any atom is 0.247 e. The number of anilines is 1. The normalized spacial score (nSPS) is 10.9. The molecule has 0 saturated heterocycles. The van der Waals surface area contributed by atoms with Crippen molar-refractivity contribution in [2.45, 2.75) is 0 Å². The van der Waals surface area contributed by atoms with E-state index in [-0.39, 0.29) is 0 Å². The second-order valence-electron chi connectivity index (χ2n) is 3.62. The van der Waals surface area contributed by atoms with Gasteiger partial charge in [0.05, 0.1) is 11.9 Å². The molecule has 4 nitrogen and oxygen atoms in total. The maximum atomic E-state index is 5.64. The third-order valence-corrected chi connectivity index (χ3v) is 2.83. The van der Waals surface area contributed by atoms with Gasteiger partial charge in [-0.15, -0.1) is 0 Å². The van der Waals surface area contributed by atoms with E-state index in [0.717, 1.165) is 10.0 Å². The zero-order chi connectivity index (χ0) is 11.8. The molecule has 0 aliphatic carbocycles. The molecule has 3 rings (SSSR count). The molecule has 0 aliphatic rings. The number of oxazole rings is 1. The van der Waals surface area contributed by atoms with Crippen LogP contribution in [0.4, 0.5) is 5.69 Å². The van der Waals surface area contributed by atoms with Crippen LogP contribution in [0.15, 0.2) is 45.4 Å². The van der Waals surface area contributed by atoms with E-state index in [1.54, 1.807) is 12.3 Å². The summed E-state index contributed by atoms with van der Waals surface area (Å²) >= 11 is 3.41. The number of halogens is 1. The van der Waals surface area contributed by atoms with Gasteiger partial charge in [-0.2, -0.15) is 0 Å². The number of nitrogens with two attached hydrogens (primary N) is 1. The van der Waals surface area contributed by atoms with Crippen LogP contribution < -0.4 is 5.73 Å². The van der Waals surface area contributed by atoms with Crippen LogP contribution in [0.5, 0.6) is 0 Å². The van der Waals surface area contributed by atoms with Gasteiger partial charge in [-0.1, -0.05) is 22.0 Å². The number of fused-ring (bicyclic) bond motifs is 1. The number of hydrogen-bond acceptors (Lipinski definition) is 4. The fourth-order valence-corrected chi connectivity index (χ4v) is 1.98. The molecule has 0 fully saturated rings. The lowest BCUT2D eigenvalue weighted by molar-refractivity contribution is 0.608. The van der Waals surface area contributed by atoms with Crippen molar-refractivity contribution in [3.05, 3.63) is 41.0 Å². The minimum Gasteiger partial charge on any atom is -0.418 e. The topological polar surface area (TPSA) is 64.9 Å². The lowest BCUT2D eigenvalue weighted by atomic mass is 10.2. The molecule has 0 aliphatic heterocycles. The summed E-state index contributed by atoms with van der Waals surface area (Å²) in [6.45, 7) is 0. The first-order valence-electron chi connectivity index (χ1n) is 5.00. The van der Waals surface area contributed by atoms with E-state index in [1.165, 1.54) is 0 Å². The summed E-state index contributed by atoms with van der Waals surface area (Å²) in [5.41, 5.74) is 8.28. The van der Waals surface area contributed by atoms with Gasteiger partial charge < -0.3 is 10.2 Å². The van der Waals surface area contributed by atoms with Gasteiger partial charge in [-0.05, 0) is 24.3 Å². The molecule has 5 heteroatoms. The van der Waals surface area contributed by atoms with Gasteiger partial charge >= 0.3 is 0 Å². The molecule has 0 bridgehead atoms. The first-order valence-corrected chi connectivity index (χ1v) is 5.80. The van der Waals surface area contributed by atoms with Crippen molar-refractivity contribution < 1.29 is 4.42 Å². The quantitative estimate of drug-likeness (QED) is 0.747. The Labute approximate surface area is 106 Å². The van der Waals surface area contributed by atoms with Crippen LogP contribution in [0, 0.1) is 0 Å². The van der Waals surface area contributed by atoms with Crippen LogP contribution in [-0.4, -0.2) is 9.97 Å². The molecule has 2 aromatic heterocycles. The predicted octanol–water partition coefficient (Wildman–Crippen LogP) is 3.23. The predicted molar refractivity (Wildman–Crippen MR) is 69.4 cm³/mol. The maximum absolute atomic E-state index is 5.64. The molecule has 0 radical (unpaired) electrons. The lowest BCUT2D eigenvalue weighted by Gasteiger charge is -1.94. The monoisotopic (exact) mass is 289 g/mol. The highest BCUT2D eigenvalue weighted by Crippen LogP contribution is 2.25. The summed E-state index contributed by atoms with van der Waals surface area (Å²) in [5, 5.41) is 0. The van der Waals surface area contributed by atoms with Gasteiger partial charge in [0.15, 0.2) is 0 Å². The van der Waals surface area contributed by atoms with Crippen LogP contribution in [0.1, 0.15) is 0 Å². The van der Waals surface area contributed by atoms with Gasteiger partial charge in [0.2, 0.25) is 11.6 Å². The van der Waals surface area contributed by atoms with E-state index in [1.807, 2.05) is 24.3 Å². The highest BCUT2D eigenvalue weighted by atomic mass is 79.9. The third-order valence-electron chi connectivity index (χ3n) is 2.34. The van der Waals surface area contributed by atoms with Crippen molar-refractivity contribution in [3.63, 3.8) is 0 Å². The summed E-state index contributed by atoms with van der Waals surface area (Å²) in [4.78, 5) is 8.44. The van der Waals surface area contributed by atoms with Crippen molar-refractivity contribution in [2.24, 2.45) is 0 Å². The Hall–Kier alpha value is -1.88. The highest BCUT2D eigenvalue weighted by Gasteiger charge is 2.09. The smallest absolute Gasteiger partial charge is 0.247 e. The number of benzene rings is 1. The summed E-state index contributed by atoms with van der Waals surface area (Å²) in [7, 11) is 0. The molecule has 0 saturated carbocycles. The molecule has 3 aromatic rings. The molecule has 1 aromatic carbocycles. The summed E-state index contributed by atoms with van der Waals surface area (Å²) in [6, 6.07) is 9.48. The Morgan fingerprint density at radius 3 is 2.94 bits per heavy atom. The van der Waals surface area contributed by atoms with Gasteiger partial charge in [0.25, 0.3) is 0 Å². The largest absolute Gasteiger partial charge is 0.418 e. The van der Waals surface area contributed by atoms with E-state index in [0.29, 0.717) is 22.8 Å². The fraction of sp³-hybridized carbons (Fsp3) is 0. The molecule has 0 spiro atoms. The standard InChI is InChI=1S/C12H8BrN3O/c13-8-3-1-2-7(4-8)11-16-10-5-9(14)6-15-12(10)17-11/h1-6H,14H2. The van der Waals surface area contributed by atoms with E-state index < -0.39 is 0 Å².